The van der Waals surface area contributed by atoms with Crippen molar-refractivity contribution in [3.8, 4) is 0 Å². The van der Waals surface area contributed by atoms with Gasteiger partial charge in [0.1, 0.15) is 19.3 Å². The molecule has 104 heavy (non-hydrogen) atoms. The van der Waals surface area contributed by atoms with E-state index in [9.17, 15) is 43.2 Å². The van der Waals surface area contributed by atoms with E-state index in [-0.39, 0.29) is 25.7 Å². The molecule has 0 rings (SSSR count). The molecule has 0 amide bonds. The van der Waals surface area contributed by atoms with Crippen LogP contribution >= 0.6 is 15.6 Å². The average molecular weight is 1520 g/mol. The Morgan fingerprint density at radius 2 is 0.442 bits per heavy atom. The van der Waals surface area contributed by atoms with Crippen molar-refractivity contribution < 1.29 is 80.2 Å². The Labute approximate surface area is 638 Å². The van der Waals surface area contributed by atoms with Crippen LogP contribution in [0.1, 0.15) is 451 Å². The molecule has 0 spiro atoms. The highest BCUT2D eigenvalue weighted by Gasteiger charge is 2.30. The zero-order valence-corrected chi connectivity index (χ0v) is 69.5. The van der Waals surface area contributed by atoms with Gasteiger partial charge in [0.2, 0.25) is 0 Å². The molecule has 616 valence electrons. The van der Waals surface area contributed by atoms with Crippen molar-refractivity contribution >= 4 is 39.5 Å². The maximum atomic E-state index is 13.1. The molecule has 5 atom stereocenters. The summed E-state index contributed by atoms with van der Waals surface area (Å²) in [5.41, 5.74) is 0. The summed E-state index contributed by atoms with van der Waals surface area (Å²) in [6.07, 6.45) is 74.5. The quantitative estimate of drug-likeness (QED) is 0.0169. The molecule has 0 aliphatic rings. The number of unbranched alkanes of at least 4 members (excludes halogenated alkanes) is 57. The fraction of sp³-hybridized carbons (Fsp3) is 0.929. The molecular weight excluding hydrogens is 1350 g/mol. The molecule has 0 aliphatic heterocycles. The summed E-state index contributed by atoms with van der Waals surface area (Å²) < 4.78 is 68.9. The van der Waals surface area contributed by atoms with E-state index in [0.29, 0.717) is 25.7 Å². The van der Waals surface area contributed by atoms with Crippen LogP contribution in [0, 0.1) is 0 Å². The molecule has 0 saturated heterocycles. The molecule has 0 aliphatic carbocycles. The van der Waals surface area contributed by atoms with E-state index < -0.39 is 97.5 Å². The van der Waals surface area contributed by atoms with Crippen LogP contribution in [-0.4, -0.2) is 96.7 Å². The van der Waals surface area contributed by atoms with Gasteiger partial charge in [-0.3, -0.25) is 37.3 Å². The first kappa shape index (κ1) is 102. The van der Waals surface area contributed by atoms with Crippen LogP contribution in [0.25, 0.3) is 0 Å². The van der Waals surface area contributed by atoms with Gasteiger partial charge in [-0.15, -0.1) is 0 Å². The summed E-state index contributed by atoms with van der Waals surface area (Å²) >= 11 is 0. The van der Waals surface area contributed by atoms with E-state index in [1.807, 2.05) is 0 Å². The Morgan fingerprint density at radius 1 is 0.260 bits per heavy atom. The maximum Gasteiger partial charge on any atom is 0.472 e. The lowest BCUT2D eigenvalue weighted by atomic mass is 10.0. The number of carbonyl (C=O) groups excluding carboxylic acids is 4. The number of hydrogen-bond acceptors (Lipinski definition) is 15. The highest BCUT2D eigenvalue weighted by molar-refractivity contribution is 7.47. The fourth-order valence-electron chi connectivity index (χ4n) is 13.0. The lowest BCUT2D eigenvalue weighted by Crippen LogP contribution is -2.30. The first-order valence-corrected chi connectivity index (χ1v) is 46.9. The normalized spacial score (nSPS) is 13.8. The Morgan fingerprint density at radius 3 is 0.663 bits per heavy atom. The number of esters is 4. The number of aliphatic hydroxyl groups excluding tert-OH is 1. The summed E-state index contributed by atoms with van der Waals surface area (Å²) in [6.45, 7) is 5.03. The zero-order valence-electron chi connectivity index (χ0n) is 67.7. The first-order chi connectivity index (χ1) is 50.7. The first-order valence-electron chi connectivity index (χ1n) is 43.9. The van der Waals surface area contributed by atoms with E-state index in [4.69, 9.17) is 37.0 Å². The second-order valence-electron chi connectivity index (χ2n) is 30.2. The molecule has 0 aromatic carbocycles. The predicted octanol–water partition coefficient (Wildman–Crippen LogP) is 25.9. The molecular formula is C85H164O17P2. The fourth-order valence-corrected chi connectivity index (χ4v) is 14.6. The summed E-state index contributed by atoms with van der Waals surface area (Å²) in [5.74, 6) is -2.11. The van der Waals surface area contributed by atoms with Crippen molar-refractivity contribution in [1.82, 2.24) is 0 Å². The van der Waals surface area contributed by atoms with E-state index in [0.717, 1.165) is 103 Å². The van der Waals surface area contributed by atoms with Crippen LogP contribution in [0.15, 0.2) is 12.2 Å². The molecule has 0 aromatic heterocycles. The van der Waals surface area contributed by atoms with E-state index in [1.165, 1.54) is 270 Å². The van der Waals surface area contributed by atoms with Gasteiger partial charge in [-0.25, -0.2) is 9.13 Å². The van der Waals surface area contributed by atoms with Crippen molar-refractivity contribution in [2.75, 3.05) is 39.6 Å². The van der Waals surface area contributed by atoms with Crippen LogP contribution in [0.4, 0.5) is 0 Å². The highest BCUT2D eigenvalue weighted by atomic mass is 31.2. The van der Waals surface area contributed by atoms with Gasteiger partial charge in [0, 0.05) is 25.7 Å². The monoisotopic (exact) mass is 1520 g/mol. The predicted molar refractivity (Wildman–Crippen MR) is 428 cm³/mol. The minimum Gasteiger partial charge on any atom is -0.462 e. The largest absolute Gasteiger partial charge is 0.472 e. The molecule has 0 heterocycles. The van der Waals surface area contributed by atoms with Gasteiger partial charge in [0.15, 0.2) is 12.2 Å². The number of phosphoric acid groups is 2. The van der Waals surface area contributed by atoms with Gasteiger partial charge in [-0.05, 0) is 51.4 Å². The lowest BCUT2D eigenvalue weighted by Gasteiger charge is -2.21. The summed E-state index contributed by atoms with van der Waals surface area (Å²) in [7, 11) is -9.93. The van der Waals surface area contributed by atoms with Crippen molar-refractivity contribution in [1.29, 1.82) is 0 Å². The molecule has 0 bridgehead atoms. The van der Waals surface area contributed by atoms with Gasteiger partial charge in [0.05, 0.1) is 26.4 Å². The molecule has 0 saturated carbocycles. The van der Waals surface area contributed by atoms with Gasteiger partial charge < -0.3 is 33.8 Å². The number of ether oxygens (including phenoxy) is 4. The van der Waals surface area contributed by atoms with Crippen molar-refractivity contribution in [2.24, 2.45) is 0 Å². The molecule has 0 radical (unpaired) electrons. The second-order valence-corrected chi connectivity index (χ2v) is 33.1. The lowest BCUT2D eigenvalue weighted by molar-refractivity contribution is -0.161. The number of aliphatic hydroxyl groups is 1. The number of carbonyl (C=O) groups is 4. The number of hydrogen-bond donors (Lipinski definition) is 3. The van der Waals surface area contributed by atoms with Crippen LogP contribution in [-0.2, 0) is 65.4 Å². The Bertz CT molecular complexity index is 2010. The van der Waals surface area contributed by atoms with E-state index in [1.54, 1.807) is 0 Å². The standard InChI is InChI=1S/C85H164O17P2/c1-5-9-13-17-21-25-29-33-37-39-43-45-49-53-57-61-65-69-82(87)95-75-80(101-84(89)71-67-63-59-55-51-47-41-35-31-27-23-19-15-11-7-3)77-99-103(91,92)97-73-79(86)74-98-104(93,94)100-78-81(102-85(90)72-68-64-60-56-52-48-42-36-32-28-24-20-16-12-8-4)76-96-83(88)70-66-62-58-54-50-46-44-40-38-34-30-26-22-18-14-10-6-2/h35,41,79-81,86H,5-34,36-40,42-78H2,1-4H3,(H,91,92)(H,93,94)/b41-35-/t79-,80-,81-/m1/s1. The number of rotatable bonds is 85. The van der Waals surface area contributed by atoms with Gasteiger partial charge in [-0.1, -0.05) is 387 Å². The number of allylic oxidation sites excluding steroid dienone is 2. The average Bonchev–Trinajstić information content (AvgIpc) is 1.21. The summed E-state index contributed by atoms with van der Waals surface area (Å²) in [5, 5.41) is 10.7. The topological polar surface area (TPSA) is 237 Å². The molecule has 0 aromatic rings. The highest BCUT2D eigenvalue weighted by Crippen LogP contribution is 2.45. The molecule has 3 N–H and O–H groups in total. The van der Waals surface area contributed by atoms with Crippen LogP contribution in [0.3, 0.4) is 0 Å². The summed E-state index contributed by atoms with van der Waals surface area (Å²) in [6, 6.07) is 0. The van der Waals surface area contributed by atoms with Crippen LogP contribution in [0.5, 0.6) is 0 Å². The molecule has 2 unspecified atom stereocenters. The van der Waals surface area contributed by atoms with Crippen LogP contribution < -0.4 is 0 Å². The van der Waals surface area contributed by atoms with Gasteiger partial charge in [-0.2, -0.15) is 0 Å². The van der Waals surface area contributed by atoms with Crippen LogP contribution in [0.2, 0.25) is 0 Å². The van der Waals surface area contributed by atoms with Gasteiger partial charge in [0.25, 0.3) is 0 Å². The van der Waals surface area contributed by atoms with Crippen molar-refractivity contribution in [2.45, 2.75) is 470 Å². The smallest absolute Gasteiger partial charge is 0.462 e. The third-order valence-electron chi connectivity index (χ3n) is 19.8. The Kier molecular flexibility index (Phi) is 77.2. The Balaban J connectivity index is 5.28. The second kappa shape index (κ2) is 78.9. The van der Waals surface area contributed by atoms with Crippen molar-refractivity contribution in [3.05, 3.63) is 12.2 Å². The third-order valence-corrected chi connectivity index (χ3v) is 21.7. The molecule has 19 heteroatoms. The Hall–Kier alpha value is -2.20. The molecule has 17 nitrogen and oxygen atoms in total. The maximum absolute atomic E-state index is 13.1. The van der Waals surface area contributed by atoms with Crippen molar-refractivity contribution in [3.63, 3.8) is 0 Å². The SMILES string of the molecule is CCCCCCCC/C=C\CCCCCCCC(=O)O[C@H](COC(=O)CCCCCCCCCCCCCCCCCCC)COP(=O)(O)OC[C@@H](O)COP(=O)(O)OC[C@@H](COC(=O)CCCCCCCCCCCCCCCCCCC)OC(=O)CCCCCCCCCCCCCCCCC. The zero-order chi connectivity index (χ0) is 76.0. The number of phosphoric ester groups is 2. The van der Waals surface area contributed by atoms with E-state index in [2.05, 4.69) is 39.8 Å². The molecule has 0 fully saturated rings. The van der Waals surface area contributed by atoms with E-state index >= 15 is 0 Å². The van der Waals surface area contributed by atoms with Gasteiger partial charge >= 0.3 is 39.5 Å². The minimum atomic E-state index is -4.97. The summed E-state index contributed by atoms with van der Waals surface area (Å²) in [4.78, 5) is 73.2. The minimum absolute atomic E-state index is 0.0955. The third kappa shape index (κ3) is 77.9.